The van der Waals surface area contributed by atoms with Gasteiger partial charge in [-0.25, -0.2) is 4.39 Å². The Bertz CT molecular complexity index is 1050. The number of piperidine rings is 1. The van der Waals surface area contributed by atoms with Crippen LogP contribution in [-0.4, -0.2) is 41.3 Å². The van der Waals surface area contributed by atoms with E-state index in [1.807, 2.05) is 19.2 Å². The molecule has 2 aromatic carbocycles. The van der Waals surface area contributed by atoms with Gasteiger partial charge in [0, 0.05) is 25.2 Å². The Morgan fingerprint density at radius 1 is 1.16 bits per heavy atom. The van der Waals surface area contributed by atoms with Crippen molar-refractivity contribution in [3.63, 3.8) is 0 Å². The lowest BCUT2D eigenvalue weighted by Crippen LogP contribution is -2.38. The SMILES string of the molecule is C/N=c1/sc2cc(Cl)ccc2n1CC1CCN(C[C@H](O)c2ccc(F)cc2)CC1.Cl.Cl. The number of likely N-dealkylation sites (tertiary alicyclic amines) is 1. The van der Waals surface area contributed by atoms with Crippen LogP contribution in [0.4, 0.5) is 4.39 Å². The summed E-state index contributed by atoms with van der Waals surface area (Å²) in [6, 6.07) is 12.1. The molecule has 0 amide bonds. The number of aliphatic hydroxyl groups is 1. The average Bonchev–Trinajstić information content (AvgIpc) is 3.06. The Hall–Kier alpha value is -1.15. The smallest absolute Gasteiger partial charge is 0.185 e. The summed E-state index contributed by atoms with van der Waals surface area (Å²) in [5.41, 5.74) is 1.95. The Kier molecular flexibility index (Phi) is 9.80. The van der Waals surface area contributed by atoms with Crippen molar-refractivity contribution < 1.29 is 9.50 Å². The number of β-amino-alcohol motifs (C(OH)–C–C–N with tert-alkyl or cyclic N) is 1. The highest BCUT2D eigenvalue weighted by Gasteiger charge is 2.23. The first-order valence-electron chi connectivity index (χ1n) is 9.91. The molecular formula is C22H27Cl3FN3OS. The first-order chi connectivity index (χ1) is 14.0. The van der Waals surface area contributed by atoms with Crippen LogP contribution in [0.5, 0.6) is 0 Å². The van der Waals surface area contributed by atoms with E-state index < -0.39 is 6.10 Å². The molecule has 0 radical (unpaired) electrons. The van der Waals surface area contributed by atoms with Crippen LogP contribution in [-0.2, 0) is 6.54 Å². The molecule has 4 nitrogen and oxygen atoms in total. The van der Waals surface area contributed by atoms with Crippen molar-refractivity contribution in [2.45, 2.75) is 25.5 Å². The zero-order valence-corrected chi connectivity index (χ0v) is 20.4. The van der Waals surface area contributed by atoms with Crippen molar-refractivity contribution in [3.8, 4) is 0 Å². The van der Waals surface area contributed by atoms with Gasteiger partial charge in [-0.15, -0.1) is 24.8 Å². The number of rotatable bonds is 5. The molecule has 3 aromatic rings. The molecule has 9 heteroatoms. The normalized spacial score (nSPS) is 16.7. The summed E-state index contributed by atoms with van der Waals surface area (Å²) < 4.78 is 16.5. The van der Waals surface area contributed by atoms with Gasteiger partial charge in [0.2, 0.25) is 0 Å². The number of thiazole rings is 1. The maximum atomic E-state index is 13.1. The van der Waals surface area contributed by atoms with Crippen molar-refractivity contribution in [2.24, 2.45) is 10.9 Å². The summed E-state index contributed by atoms with van der Waals surface area (Å²) in [5, 5.41) is 11.2. The summed E-state index contributed by atoms with van der Waals surface area (Å²) in [6.45, 7) is 3.44. The van der Waals surface area contributed by atoms with E-state index in [0.29, 0.717) is 12.5 Å². The van der Waals surface area contributed by atoms with Gasteiger partial charge in [0.05, 0.1) is 16.3 Å². The van der Waals surface area contributed by atoms with Gasteiger partial charge in [-0.1, -0.05) is 35.1 Å². The number of nitrogens with zero attached hydrogens (tertiary/aromatic N) is 3. The molecule has 0 saturated carbocycles. The molecule has 1 atom stereocenters. The summed E-state index contributed by atoms with van der Waals surface area (Å²) in [5.74, 6) is 0.300. The minimum Gasteiger partial charge on any atom is -0.387 e. The van der Waals surface area contributed by atoms with Gasteiger partial charge >= 0.3 is 0 Å². The fourth-order valence-corrected chi connectivity index (χ4v) is 5.31. The van der Waals surface area contributed by atoms with Gasteiger partial charge in [0.15, 0.2) is 4.80 Å². The first-order valence-corrected chi connectivity index (χ1v) is 11.1. The third kappa shape index (κ3) is 6.21. The lowest BCUT2D eigenvalue weighted by Gasteiger charge is -2.33. The Morgan fingerprint density at radius 3 is 2.48 bits per heavy atom. The van der Waals surface area contributed by atoms with Crippen molar-refractivity contribution in [3.05, 3.63) is 63.7 Å². The van der Waals surface area contributed by atoms with Crippen molar-refractivity contribution >= 4 is 58.0 Å². The van der Waals surface area contributed by atoms with E-state index in [1.54, 1.807) is 23.5 Å². The molecule has 1 aliphatic rings. The van der Waals surface area contributed by atoms with E-state index in [1.165, 1.54) is 17.6 Å². The molecule has 1 fully saturated rings. The van der Waals surface area contributed by atoms with Gasteiger partial charge in [0.25, 0.3) is 0 Å². The van der Waals surface area contributed by atoms with Crippen LogP contribution in [0.1, 0.15) is 24.5 Å². The topological polar surface area (TPSA) is 40.8 Å². The molecular weight excluding hydrogens is 480 g/mol. The van der Waals surface area contributed by atoms with Gasteiger partial charge in [0.1, 0.15) is 5.82 Å². The highest BCUT2D eigenvalue weighted by molar-refractivity contribution is 7.16. The number of halogens is 4. The predicted molar refractivity (Wildman–Crippen MR) is 131 cm³/mol. The highest BCUT2D eigenvalue weighted by Crippen LogP contribution is 2.26. The van der Waals surface area contributed by atoms with Crippen LogP contribution in [0.15, 0.2) is 47.5 Å². The van der Waals surface area contributed by atoms with Gasteiger partial charge in [-0.2, -0.15) is 0 Å². The number of hydrogen-bond acceptors (Lipinski definition) is 4. The summed E-state index contributed by atoms with van der Waals surface area (Å²) in [7, 11) is 1.84. The third-order valence-electron chi connectivity index (χ3n) is 5.67. The monoisotopic (exact) mass is 505 g/mol. The number of hydrogen-bond donors (Lipinski definition) is 1. The lowest BCUT2D eigenvalue weighted by atomic mass is 9.96. The van der Waals surface area contributed by atoms with Crippen molar-refractivity contribution in [1.82, 2.24) is 9.47 Å². The fraction of sp³-hybridized carbons (Fsp3) is 0.409. The molecule has 0 unspecified atom stereocenters. The van der Waals surface area contributed by atoms with Crippen LogP contribution in [0, 0.1) is 11.7 Å². The number of fused-ring (bicyclic) bond motifs is 1. The molecule has 0 aliphatic carbocycles. The Morgan fingerprint density at radius 2 is 1.84 bits per heavy atom. The number of benzene rings is 2. The van der Waals surface area contributed by atoms with Gasteiger partial charge < -0.3 is 14.6 Å². The standard InChI is InChI=1S/C22H25ClFN3OS.2ClH/c1-25-22-27(19-7-4-17(23)12-21(19)29-22)13-15-8-10-26(11-9-15)14-20(28)16-2-5-18(24)6-3-16;;/h2-7,12,15,20,28H,8-11,13-14H2,1H3;2*1H/b25-22+;;/t20-;;/m0../s1. The van der Waals surface area contributed by atoms with Crippen LogP contribution < -0.4 is 4.80 Å². The minimum absolute atomic E-state index is 0. The second-order valence-corrected chi connectivity index (χ2v) is 9.09. The van der Waals surface area contributed by atoms with E-state index in [-0.39, 0.29) is 30.6 Å². The molecule has 1 aliphatic heterocycles. The molecule has 2 heterocycles. The maximum absolute atomic E-state index is 13.1. The zero-order valence-electron chi connectivity index (χ0n) is 17.2. The molecule has 1 N–H and O–H groups in total. The van der Waals surface area contributed by atoms with E-state index in [2.05, 4.69) is 20.5 Å². The maximum Gasteiger partial charge on any atom is 0.185 e. The first kappa shape index (κ1) is 26.1. The van der Waals surface area contributed by atoms with Gasteiger partial charge in [-0.05, 0) is 67.7 Å². The van der Waals surface area contributed by atoms with E-state index in [9.17, 15) is 9.50 Å². The number of aromatic nitrogens is 1. The average molecular weight is 507 g/mol. The van der Waals surface area contributed by atoms with Crippen molar-refractivity contribution in [2.75, 3.05) is 26.7 Å². The van der Waals surface area contributed by atoms with Gasteiger partial charge in [-0.3, -0.25) is 4.99 Å². The quantitative estimate of drug-likeness (QED) is 0.509. The van der Waals surface area contributed by atoms with Crippen LogP contribution in [0.25, 0.3) is 10.2 Å². The lowest BCUT2D eigenvalue weighted by molar-refractivity contribution is 0.0867. The predicted octanol–water partition coefficient (Wildman–Crippen LogP) is 5.32. The largest absolute Gasteiger partial charge is 0.387 e. The molecule has 1 aromatic heterocycles. The molecule has 1 saturated heterocycles. The second kappa shape index (κ2) is 11.6. The van der Waals surface area contributed by atoms with Crippen LogP contribution in [0.3, 0.4) is 0 Å². The minimum atomic E-state index is -0.586. The van der Waals surface area contributed by atoms with Crippen molar-refractivity contribution in [1.29, 1.82) is 0 Å². The summed E-state index contributed by atoms with van der Waals surface area (Å²) in [6.07, 6.45) is 1.58. The molecule has 0 spiro atoms. The summed E-state index contributed by atoms with van der Waals surface area (Å²) in [4.78, 5) is 7.79. The molecule has 0 bridgehead atoms. The molecule has 31 heavy (non-hydrogen) atoms. The molecule has 170 valence electrons. The van der Waals surface area contributed by atoms with Crippen LogP contribution >= 0.6 is 47.8 Å². The number of aliphatic hydroxyl groups excluding tert-OH is 1. The van der Waals surface area contributed by atoms with E-state index in [0.717, 1.165) is 52.6 Å². The Balaban J connectivity index is 0.00000171. The third-order valence-corrected chi connectivity index (χ3v) is 7.04. The summed E-state index contributed by atoms with van der Waals surface area (Å²) >= 11 is 7.82. The van der Waals surface area contributed by atoms with E-state index in [4.69, 9.17) is 11.6 Å². The Labute approximate surface area is 203 Å². The second-order valence-electron chi connectivity index (χ2n) is 7.64. The van der Waals surface area contributed by atoms with E-state index >= 15 is 0 Å². The molecule has 4 rings (SSSR count). The highest BCUT2D eigenvalue weighted by atomic mass is 35.5. The zero-order chi connectivity index (χ0) is 20.4. The fourth-order valence-electron chi connectivity index (χ4n) is 4.04. The van der Waals surface area contributed by atoms with Crippen LogP contribution in [0.2, 0.25) is 5.02 Å².